The van der Waals surface area contributed by atoms with Crippen LogP contribution in [0.2, 0.25) is 5.02 Å². The lowest BCUT2D eigenvalue weighted by molar-refractivity contribution is 0.0365. The van der Waals surface area contributed by atoms with Crippen molar-refractivity contribution in [1.29, 1.82) is 0 Å². The largest absolute Gasteiger partial charge is 0.381 e. The molecule has 0 spiro atoms. The van der Waals surface area contributed by atoms with Crippen LogP contribution in [-0.4, -0.2) is 56.6 Å². The number of rotatable bonds is 3. The third kappa shape index (κ3) is 3.07. The van der Waals surface area contributed by atoms with E-state index in [2.05, 4.69) is 15.3 Å². The molecular formula is C13H17ClN6O2. The van der Waals surface area contributed by atoms with Crippen molar-refractivity contribution >= 4 is 23.3 Å². The summed E-state index contributed by atoms with van der Waals surface area (Å²) in [6, 6.07) is 1.85. The third-order valence-corrected chi connectivity index (χ3v) is 3.92. The fraction of sp³-hybridized carbons (Fsp3) is 0.462. The molecule has 0 bridgehead atoms. The van der Waals surface area contributed by atoms with Crippen LogP contribution in [0, 0.1) is 0 Å². The van der Waals surface area contributed by atoms with Crippen LogP contribution in [0.1, 0.15) is 16.9 Å². The Morgan fingerprint density at radius 1 is 1.59 bits per heavy atom. The minimum Gasteiger partial charge on any atom is -0.381 e. The van der Waals surface area contributed by atoms with Gasteiger partial charge in [0, 0.05) is 32.1 Å². The number of H-pyrrole nitrogens is 1. The summed E-state index contributed by atoms with van der Waals surface area (Å²) in [6.07, 6.45) is 4.23. The van der Waals surface area contributed by atoms with Gasteiger partial charge >= 0.3 is 0 Å². The second-order valence-electron chi connectivity index (χ2n) is 5.12. The molecule has 118 valence electrons. The predicted octanol–water partition coefficient (Wildman–Crippen LogP) is 0.773. The third-order valence-electron chi connectivity index (χ3n) is 3.53. The highest BCUT2D eigenvalue weighted by Crippen LogP contribution is 2.22. The lowest BCUT2D eigenvalue weighted by Crippen LogP contribution is -2.38. The topological polar surface area (TPSA) is 102 Å². The number of nitrogens with zero attached hydrogens (tertiary/aromatic N) is 4. The Hall–Kier alpha value is -2.06. The summed E-state index contributed by atoms with van der Waals surface area (Å²) in [5.41, 5.74) is 5.80. The maximum atomic E-state index is 12.6. The minimum atomic E-state index is -0.217. The Morgan fingerprint density at radius 2 is 2.45 bits per heavy atom. The maximum Gasteiger partial charge on any atom is 0.273 e. The molecule has 3 heterocycles. The first-order valence-corrected chi connectivity index (χ1v) is 7.40. The molecule has 3 rings (SSSR count). The summed E-state index contributed by atoms with van der Waals surface area (Å²) < 4.78 is 7.58. The zero-order valence-electron chi connectivity index (χ0n) is 11.9. The van der Waals surface area contributed by atoms with Gasteiger partial charge in [0.15, 0.2) is 5.82 Å². The molecule has 2 aromatic heterocycles. The van der Waals surface area contributed by atoms with Gasteiger partial charge in [0.25, 0.3) is 5.91 Å². The van der Waals surface area contributed by atoms with Crippen LogP contribution in [0.25, 0.3) is 0 Å². The summed E-state index contributed by atoms with van der Waals surface area (Å²) in [4.78, 5) is 14.3. The Bertz CT molecular complexity index is 641. The number of amides is 1. The van der Waals surface area contributed by atoms with Crippen molar-refractivity contribution in [2.24, 2.45) is 0 Å². The van der Waals surface area contributed by atoms with E-state index in [9.17, 15) is 4.79 Å². The van der Waals surface area contributed by atoms with Crippen LogP contribution >= 0.6 is 11.6 Å². The summed E-state index contributed by atoms with van der Waals surface area (Å²) in [7, 11) is 0. The van der Waals surface area contributed by atoms with Gasteiger partial charge in [-0.25, -0.2) is 0 Å². The molecule has 9 heteroatoms. The summed E-state index contributed by atoms with van der Waals surface area (Å²) in [5.74, 6) is -0.0886. The maximum absolute atomic E-state index is 12.6. The van der Waals surface area contributed by atoms with E-state index in [1.165, 1.54) is 0 Å². The average molecular weight is 325 g/mol. The highest BCUT2D eigenvalue weighted by molar-refractivity contribution is 6.35. The monoisotopic (exact) mass is 324 g/mol. The fourth-order valence-corrected chi connectivity index (χ4v) is 2.61. The predicted molar refractivity (Wildman–Crippen MR) is 80.5 cm³/mol. The SMILES string of the molecule is Nc1n[nH]c(C(=O)N2CCCOC(Cn3cccn3)C2)c1Cl. The van der Waals surface area contributed by atoms with Crippen molar-refractivity contribution in [3.63, 3.8) is 0 Å². The number of anilines is 1. The molecule has 1 fully saturated rings. The molecule has 1 saturated heterocycles. The molecule has 8 nitrogen and oxygen atoms in total. The molecule has 1 aliphatic rings. The number of aromatic nitrogens is 4. The molecule has 0 aliphatic carbocycles. The van der Waals surface area contributed by atoms with E-state index in [4.69, 9.17) is 22.1 Å². The number of nitrogens with one attached hydrogen (secondary N) is 1. The van der Waals surface area contributed by atoms with Gasteiger partial charge in [-0.2, -0.15) is 10.2 Å². The standard InChI is InChI=1S/C13H17ClN6O2/c14-10-11(17-18-12(10)15)13(21)19-4-2-6-22-9(7-19)8-20-5-1-3-16-20/h1,3,5,9H,2,4,6-8H2,(H3,15,17,18). The Morgan fingerprint density at radius 3 is 3.14 bits per heavy atom. The van der Waals surface area contributed by atoms with E-state index in [0.29, 0.717) is 26.2 Å². The molecular weight excluding hydrogens is 308 g/mol. The lowest BCUT2D eigenvalue weighted by Gasteiger charge is -2.23. The molecule has 22 heavy (non-hydrogen) atoms. The molecule has 3 N–H and O–H groups in total. The van der Waals surface area contributed by atoms with Gasteiger partial charge in [-0.15, -0.1) is 0 Å². The van der Waals surface area contributed by atoms with Gasteiger partial charge < -0.3 is 15.4 Å². The van der Waals surface area contributed by atoms with Crippen LogP contribution in [0.3, 0.4) is 0 Å². The molecule has 1 atom stereocenters. The number of nitrogens with two attached hydrogens (primary N) is 1. The first-order chi connectivity index (χ1) is 10.6. The number of hydrogen-bond acceptors (Lipinski definition) is 5. The van der Waals surface area contributed by atoms with Crippen LogP contribution < -0.4 is 5.73 Å². The van der Waals surface area contributed by atoms with Crippen LogP contribution in [-0.2, 0) is 11.3 Å². The van der Waals surface area contributed by atoms with Gasteiger partial charge in [-0.3, -0.25) is 14.6 Å². The number of hydrogen-bond donors (Lipinski definition) is 2. The van der Waals surface area contributed by atoms with E-state index in [0.717, 1.165) is 6.42 Å². The molecule has 2 aromatic rings. The second kappa shape index (κ2) is 6.37. The summed E-state index contributed by atoms with van der Waals surface area (Å²) in [5, 5.41) is 10.7. The first-order valence-electron chi connectivity index (χ1n) is 7.03. The van der Waals surface area contributed by atoms with Crippen molar-refractivity contribution in [3.05, 3.63) is 29.2 Å². The molecule has 1 unspecified atom stereocenters. The zero-order valence-corrected chi connectivity index (χ0v) is 12.7. The highest BCUT2D eigenvalue weighted by atomic mass is 35.5. The van der Waals surface area contributed by atoms with E-state index in [1.54, 1.807) is 15.8 Å². The van der Waals surface area contributed by atoms with Crippen molar-refractivity contribution in [1.82, 2.24) is 24.9 Å². The summed E-state index contributed by atoms with van der Waals surface area (Å²) >= 11 is 6.00. The number of carbonyl (C=O) groups excluding carboxylic acids is 1. The van der Waals surface area contributed by atoms with Crippen molar-refractivity contribution < 1.29 is 9.53 Å². The van der Waals surface area contributed by atoms with Crippen LogP contribution in [0.4, 0.5) is 5.82 Å². The Balaban J connectivity index is 1.72. The molecule has 1 amide bonds. The van der Waals surface area contributed by atoms with E-state index in [1.807, 2.05) is 12.3 Å². The zero-order chi connectivity index (χ0) is 15.5. The van der Waals surface area contributed by atoms with Gasteiger partial charge in [0.1, 0.15) is 10.7 Å². The molecule has 0 aromatic carbocycles. The number of aromatic amines is 1. The molecule has 0 radical (unpaired) electrons. The number of carbonyl (C=O) groups is 1. The number of halogens is 1. The Kier molecular flexibility index (Phi) is 4.30. The van der Waals surface area contributed by atoms with Gasteiger partial charge in [0.05, 0.1) is 12.6 Å². The highest BCUT2D eigenvalue weighted by Gasteiger charge is 2.27. The lowest BCUT2D eigenvalue weighted by atomic mass is 10.2. The average Bonchev–Trinajstić information content (AvgIpc) is 3.05. The number of nitrogen functional groups attached to an aromatic ring is 1. The van der Waals surface area contributed by atoms with E-state index >= 15 is 0 Å². The normalized spacial score (nSPS) is 19.1. The number of ether oxygens (including phenoxy) is 1. The van der Waals surface area contributed by atoms with E-state index < -0.39 is 0 Å². The van der Waals surface area contributed by atoms with Crippen molar-refractivity contribution in [2.75, 3.05) is 25.4 Å². The summed E-state index contributed by atoms with van der Waals surface area (Å²) in [6.45, 7) is 2.27. The smallest absolute Gasteiger partial charge is 0.273 e. The second-order valence-corrected chi connectivity index (χ2v) is 5.50. The van der Waals surface area contributed by atoms with Gasteiger partial charge in [0.2, 0.25) is 0 Å². The van der Waals surface area contributed by atoms with Crippen LogP contribution in [0.15, 0.2) is 18.5 Å². The molecule has 0 saturated carbocycles. The van der Waals surface area contributed by atoms with Crippen molar-refractivity contribution in [2.45, 2.75) is 19.1 Å². The van der Waals surface area contributed by atoms with Crippen molar-refractivity contribution in [3.8, 4) is 0 Å². The quantitative estimate of drug-likeness (QED) is 0.868. The fourth-order valence-electron chi connectivity index (χ4n) is 2.45. The van der Waals surface area contributed by atoms with E-state index in [-0.39, 0.29) is 28.5 Å². The van der Waals surface area contributed by atoms with Gasteiger partial charge in [-0.1, -0.05) is 11.6 Å². The van der Waals surface area contributed by atoms with Crippen LogP contribution in [0.5, 0.6) is 0 Å². The van der Waals surface area contributed by atoms with Gasteiger partial charge in [-0.05, 0) is 12.5 Å². The first kappa shape index (κ1) is 14.9. The molecule has 1 aliphatic heterocycles. The Labute approximate surface area is 132 Å². The minimum absolute atomic E-state index is 0.120.